The lowest BCUT2D eigenvalue weighted by molar-refractivity contribution is -0.145. The number of nitrogens with one attached hydrogen (secondary N) is 2. The fourth-order valence-electron chi connectivity index (χ4n) is 2.30. The first-order chi connectivity index (χ1) is 11.1. The zero-order chi connectivity index (χ0) is 18.9. The molecule has 0 fully saturated rings. The Hall–Kier alpha value is -2.12. The number of esters is 1. The van der Waals surface area contributed by atoms with Crippen LogP contribution < -0.4 is 16.4 Å². The molecule has 0 bridgehead atoms. The van der Waals surface area contributed by atoms with Gasteiger partial charge in [-0.15, -0.1) is 0 Å². The molecule has 3 atom stereocenters. The number of ether oxygens (including phenoxy) is 1. The smallest absolute Gasteiger partial charge is 0.306 e. The molecule has 0 heterocycles. The topological polar surface area (TPSA) is 128 Å². The molecule has 0 saturated carbocycles. The summed E-state index contributed by atoms with van der Waals surface area (Å²) in [5.41, 5.74) is 5.35. The molecule has 0 aromatic heterocycles. The summed E-state index contributed by atoms with van der Waals surface area (Å²) in [6, 6.07) is -1.79. The fourth-order valence-corrected chi connectivity index (χ4v) is 2.30. The van der Waals surface area contributed by atoms with Crippen molar-refractivity contribution in [1.29, 1.82) is 0 Å². The molecule has 0 aromatic rings. The van der Waals surface area contributed by atoms with E-state index in [2.05, 4.69) is 10.6 Å². The molecule has 0 aromatic carbocycles. The molecule has 0 radical (unpaired) electrons. The van der Waals surface area contributed by atoms with Crippen LogP contribution in [0.15, 0.2) is 0 Å². The molecule has 0 rings (SSSR count). The molecule has 0 aliphatic heterocycles. The predicted octanol–water partition coefficient (Wildman–Crippen LogP) is 0.0966. The average Bonchev–Trinajstić information content (AvgIpc) is 2.42. The van der Waals surface area contributed by atoms with Crippen LogP contribution in [0.1, 0.15) is 47.5 Å². The summed E-state index contributed by atoms with van der Waals surface area (Å²) in [6.45, 7) is 8.68. The van der Waals surface area contributed by atoms with E-state index in [1.165, 1.54) is 6.92 Å². The van der Waals surface area contributed by atoms with Crippen molar-refractivity contribution in [3.63, 3.8) is 0 Å². The summed E-state index contributed by atoms with van der Waals surface area (Å²) in [5.74, 6) is -2.42. The van der Waals surface area contributed by atoms with Crippen LogP contribution in [0.4, 0.5) is 0 Å². The number of hydrogen-bond acceptors (Lipinski definition) is 5. The van der Waals surface area contributed by atoms with Gasteiger partial charge in [-0.3, -0.25) is 19.2 Å². The van der Waals surface area contributed by atoms with Crippen molar-refractivity contribution in [2.24, 2.45) is 17.6 Å². The maximum atomic E-state index is 12.4. The summed E-state index contributed by atoms with van der Waals surface area (Å²) >= 11 is 0. The quantitative estimate of drug-likeness (QED) is 0.485. The van der Waals surface area contributed by atoms with Crippen molar-refractivity contribution in [3.05, 3.63) is 0 Å². The van der Waals surface area contributed by atoms with Crippen molar-refractivity contribution < 1.29 is 23.9 Å². The van der Waals surface area contributed by atoms with Crippen molar-refractivity contribution in [2.45, 2.75) is 59.5 Å². The average molecular weight is 343 g/mol. The minimum Gasteiger partial charge on any atom is -0.466 e. The first-order valence-corrected chi connectivity index (χ1v) is 8.10. The monoisotopic (exact) mass is 343 g/mol. The second-order valence-corrected chi connectivity index (χ2v) is 6.26. The molecule has 0 unspecified atom stereocenters. The lowest BCUT2D eigenvalue weighted by Crippen LogP contribution is -2.55. The molecule has 4 N–H and O–H groups in total. The molecule has 0 spiro atoms. The van der Waals surface area contributed by atoms with Gasteiger partial charge in [0.2, 0.25) is 17.7 Å². The lowest BCUT2D eigenvalue weighted by atomic mass is 9.96. The highest BCUT2D eigenvalue weighted by molar-refractivity contribution is 5.91. The largest absolute Gasteiger partial charge is 0.466 e. The summed E-state index contributed by atoms with van der Waals surface area (Å²) in [5, 5.41) is 5.10. The third-order valence-electron chi connectivity index (χ3n) is 3.37. The third-order valence-corrected chi connectivity index (χ3v) is 3.37. The van der Waals surface area contributed by atoms with Crippen LogP contribution in [-0.2, 0) is 23.9 Å². The predicted molar refractivity (Wildman–Crippen MR) is 88.6 cm³/mol. The van der Waals surface area contributed by atoms with Gasteiger partial charge in [0.25, 0.3) is 0 Å². The van der Waals surface area contributed by atoms with Gasteiger partial charge in [0, 0.05) is 6.92 Å². The van der Waals surface area contributed by atoms with Gasteiger partial charge in [-0.2, -0.15) is 0 Å². The van der Waals surface area contributed by atoms with E-state index in [0.717, 1.165) is 0 Å². The maximum absolute atomic E-state index is 12.4. The molecular weight excluding hydrogens is 314 g/mol. The molecule has 8 nitrogen and oxygen atoms in total. The van der Waals surface area contributed by atoms with E-state index in [9.17, 15) is 19.2 Å². The summed E-state index contributed by atoms with van der Waals surface area (Å²) in [4.78, 5) is 46.9. The molecule has 0 saturated heterocycles. The Labute approximate surface area is 142 Å². The highest BCUT2D eigenvalue weighted by Crippen LogP contribution is 2.11. The molecule has 0 aliphatic carbocycles. The maximum Gasteiger partial charge on any atom is 0.306 e. The van der Waals surface area contributed by atoms with Crippen LogP contribution in [0, 0.1) is 11.8 Å². The number of carbonyl (C=O) groups is 4. The minimum atomic E-state index is -1.02. The van der Waals surface area contributed by atoms with Gasteiger partial charge in [0.15, 0.2) is 0 Å². The number of carbonyl (C=O) groups excluding carboxylic acids is 4. The first-order valence-electron chi connectivity index (χ1n) is 8.10. The van der Waals surface area contributed by atoms with Gasteiger partial charge in [0.1, 0.15) is 12.1 Å². The first kappa shape index (κ1) is 21.9. The number of primary amides is 1. The van der Waals surface area contributed by atoms with Crippen LogP contribution in [0.5, 0.6) is 0 Å². The van der Waals surface area contributed by atoms with Gasteiger partial charge < -0.3 is 21.1 Å². The van der Waals surface area contributed by atoms with Crippen LogP contribution in [0.3, 0.4) is 0 Å². The number of rotatable bonds is 10. The zero-order valence-corrected chi connectivity index (χ0v) is 15.0. The van der Waals surface area contributed by atoms with E-state index in [4.69, 9.17) is 10.5 Å². The van der Waals surface area contributed by atoms with E-state index >= 15 is 0 Å². The Balaban J connectivity index is 4.99. The van der Waals surface area contributed by atoms with Crippen molar-refractivity contribution in [1.82, 2.24) is 10.6 Å². The highest BCUT2D eigenvalue weighted by atomic mass is 16.5. The van der Waals surface area contributed by atoms with Crippen LogP contribution in [0.2, 0.25) is 0 Å². The fraction of sp³-hybridized carbons (Fsp3) is 0.750. The number of hydrogen-bond donors (Lipinski definition) is 3. The lowest BCUT2D eigenvalue weighted by Gasteiger charge is -2.25. The third kappa shape index (κ3) is 8.50. The zero-order valence-electron chi connectivity index (χ0n) is 15.0. The van der Waals surface area contributed by atoms with Crippen LogP contribution in [0.25, 0.3) is 0 Å². The van der Waals surface area contributed by atoms with E-state index in [-0.39, 0.29) is 24.9 Å². The molecule has 8 heteroatoms. The van der Waals surface area contributed by atoms with Crippen molar-refractivity contribution >= 4 is 23.7 Å². The standard InChI is InChI=1S/C16H29N3O5/c1-6-24-13(21)8-10(4)14(15(17)22)19-16(23)12(7-9(2)3)18-11(5)20/h9-10,12,14H,6-8H2,1-5H3,(H2,17,22)(H,18,20)(H,19,23)/t10-,12-,14-/m0/s1. The second-order valence-electron chi connectivity index (χ2n) is 6.26. The van der Waals surface area contributed by atoms with Gasteiger partial charge >= 0.3 is 5.97 Å². The van der Waals surface area contributed by atoms with E-state index < -0.39 is 35.8 Å². The minimum absolute atomic E-state index is 0.0449. The molecule has 3 amide bonds. The van der Waals surface area contributed by atoms with Gasteiger partial charge in [-0.25, -0.2) is 0 Å². The van der Waals surface area contributed by atoms with Crippen LogP contribution in [-0.4, -0.2) is 42.4 Å². The Morgan fingerprint density at radius 1 is 1.08 bits per heavy atom. The molecule has 24 heavy (non-hydrogen) atoms. The van der Waals surface area contributed by atoms with Gasteiger partial charge in [0.05, 0.1) is 13.0 Å². The summed E-state index contributed by atoms with van der Waals surface area (Å²) in [6.07, 6.45) is 0.375. The molecule has 138 valence electrons. The van der Waals surface area contributed by atoms with E-state index in [1.54, 1.807) is 13.8 Å². The second kappa shape index (κ2) is 10.6. The molecular formula is C16H29N3O5. The Bertz CT molecular complexity index is 465. The Morgan fingerprint density at radius 2 is 1.67 bits per heavy atom. The normalized spacial score (nSPS) is 14.4. The summed E-state index contributed by atoms with van der Waals surface area (Å²) in [7, 11) is 0. The number of amides is 3. The Kier molecular flexibility index (Phi) is 9.68. The molecule has 0 aliphatic rings. The van der Waals surface area contributed by atoms with E-state index in [0.29, 0.717) is 6.42 Å². The van der Waals surface area contributed by atoms with Crippen molar-refractivity contribution in [2.75, 3.05) is 6.61 Å². The van der Waals surface area contributed by atoms with E-state index in [1.807, 2.05) is 13.8 Å². The van der Waals surface area contributed by atoms with Crippen LogP contribution >= 0.6 is 0 Å². The highest BCUT2D eigenvalue weighted by Gasteiger charge is 2.30. The SMILES string of the molecule is CCOC(=O)C[C@H](C)[C@H](NC(=O)[C@H](CC(C)C)NC(C)=O)C(N)=O. The summed E-state index contributed by atoms with van der Waals surface area (Å²) < 4.78 is 4.84. The Morgan fingerprint density at radius 3 is 2.08 bits per heavy atom. The van der Waals surface area contributed by atoms with Gasteiger partial charge in [-0.05, 0) is 25.2 Å². The number of nitrogens with two attached hydrogens (primary N) is 1. The van der Waals surface area contributed by atoms with Gasteiger partial charge in [-0.1, -0.05) is 20.8 Å². The van der Waals surface area contributed by atoms with Crippen molar-refractivity contribution in [3.8, 4) is 0 Å².